The van der Waals surface area contributed by atoms with Crippen molar-refractivity contribution in [3.05, 3.63) is 41.2 Å². The second-order valence-corrected chi connectivity index (χ2v) is 18.7. The van der Waals surface area contributed by atoms with Crippen molar-refractivity contribution in [2.45, 2.75) is 128 Å². The van der Waals surface area contributed by atoms with Gasteiger partial charge in [-0.05, 0) is 76.8 Å². The fourth-order valence-corrected chi connectivity index (χ4v) is 7.78. The van der Waals surface area contributed by atoms with Gasteiger partial charge >= 0.3 is 11.9 Å². The number of amides is 6. The molecule has 2 aromatic rings. The van der Waals surface area contributed by atoms with Crippen LogP contribution in [0.2, 0.25) is 0 Å². The van der Waals surface area contributed by atoms with Crippen molar-refractivity contribution in [3.63, 3.8) is 0 Å². The van der Waals surface area contributed by atoms with Gasteiger partial charge in [0.15, 0.2) is 5.82 Å². The van der Waals surface area contributed by atoms with E-state index in [1.54, 1.807) is 12.1 Å². The van der Waals surface area contributed by atoms with Gasteiger partial charge in [-0.2, -0.15) is 5.21 Å². The monoisotopic (exact) mass is 1040 g/mol. The average molecular weight is 1040 g/mol. The molecule has 0 bridgehead atoms. The molecule has 0 aliphatic carbocycles. The largest absolute Gasteiger partial charge is 0.481 e. The number of carbonyl (C=O) groups is 10. The van der Waals surface area contributed by atoms with Crippen LogP contribution in [0.3, 0.4) is 0 Å². The van der Waals surface area contributed by atoms with Crippen LogP contribution in [0.4, 0.5) is 0 Å². The van der Waals surface area contributed by atoms with E-state index in [1.165, 1.54) is 0 Å². The summed E-state index contributed by atoms with van der Waals surface area (Å²) in [5.41, 5.74) is 7.01. The molecule has 1 aromatic carbocycles. The number of sulfonamides is 1. The number of aryl methyl sites for hydroxylation is 2. The maximum atomic E-state index is 12.6. The number of carboxylic acid groups (broad SMARTS) is 2. The normalized spacial score (nSPS) is 12.4. The first-order valence-corrected chi connectivity index (χ1v) is 25.3. The third-order valence-electron chi connectivity index (χ3n) is 10.7. The molecule has 1 aromatic heterocycles. The number of hydrogen-bond donors (Lipinski definition) is 9. The highest BCUT2D eigenvalue weighted by molar-refractivity contribution is 7.90. The number of hydrogen-bond acceptors (Lipinski definition) is 17. The summed E-state index contributed by atoms with van der Waals surface area (Å²) in [4.78, 5) is 122. The summed E-state index contributed by atoms with van der Waals surface area (Å²) in [6.45, 7) is 2.28. The van der Waals surface area contributed by atoms with E-state index in [1.807, 2.05) is 23.8 Å². The molecule has 0 saturated carbocycles. The molecular formula is C45H68N10O16S. The van der Waals surface area contributed by atoms with Crippen molar-refractivity contribution in [2.24, 2.45) is 11.7 Å². The summed E-state index contributed by atoms with van der Waals surface area (Å²) in [6, 6.07) is 4.80. The summed E-state index contributed by atoms with van der Waals surface area (Å²) < 4.78 is 37.0. The highest BCUT2D eigenvalue weighted by Crippen LogP contribution is 2.15. The Hall–Kier alpha value is -6.74. The number of unbranched alkanes of at least 4 members (excludes halogenated alkanes) is 1. The number of H-pyrrole nitrogens is 1. The van der Waals surface area contributed by atoms with E-state index < -0.39 is 93.9 Å². The van der Waals surface area contributed by atoms with Gasteiger partial charge in [-0.1, -0.05) is 22.9 Å². The van der Waals surface area contributed by atoms with E-state index in [0.717, 1.165) is 5.56 Å². The topological polar surface area (TPSA) is 404 Å². The SMILES string of the molecule is Cc1ccc(C(=O)NCCCC[C@H](NC(=O)COCCOCCCC(=O)CCC(NC(=O)CC[C@H](CC(=O)CCCNC(=O)CCCS(=O)(=O)NC(=O)CCCc2nn[nH]n2)C(=O)O)C(=O)O)C(N)=O)cc1. The minimum Gasteiger partial charge on any atom is -0.481 e. The van der Waals surface area contributed by atoms with Crippen LogP contribution in [-0.4, -0.2) is 156 Å². The Bertz CT molecular complexity index is 2190. The van der Waals surface area contributed by atoms with E-state index in [4.69, 9.17) is 15.2 Å². The van der Waals surface area contributed by atoms with Crippen molar-refractivity contribution < 1.29 is 76.0 Å². The number of nitrogens with one attached hydrogen (secondary N) is 6. The summed E-state index contributed by atoms with van der Waals surface area (Å²) in [6.07, 6.45) is 0.566. The second-order valence-electron chi connectivity index (χ2n) is 16.8. The number of benzene rings is 1. The van der Waals surface area contributed by atoms with Crippen LogP contribution in [0.15, 0.2) is 24.3 Å². The number of ketones is 2. The Balaban J connectivity index is 1.53. The molecule has 0 spiro atoms. The molecule has 0 saturated heterocycles. The van der Waals surface area contributed by atoms with Crippen LogP contribution < -0.4 is 31.7 Å². The van der Waals surface area contributed by atoms with Gasteiger partial charge in [0.05, 0.1) is 24.9 Å². The predicted molar refractivity (Wildman–Crippen MR) is 254 cm³/mol. The van der Waals surface area contributed by atoms with E-state index in [0.29, 0.717) is 50.0 Å². The molecule has 72 heavy (non-hydrogen) atoms. The maximum absolute atomic E-state index is 12.6. The van der Waals surface area contributed by atoms with Gasteiger partial charge in [-0.3, -0.25) is 47.9 Å². The molecule has 27 heteroatoms. The lowest BCUT2D eigenvalue weighted by Crippen LogP contribution is -2.45. The number of tetrazole rings is 1. The van der Waals surface area contributed by atoms with Crippen LogP contribution >= 0.6 is 0 Å². The van der Waals surface area contributed by atoms with Gasteiger partial charge in [0.1, 0.15) is 30.3 Å². The van der Waals surface area contributed by atoms with Crippen LogP contribution in [0.25, 0.3) is 0 Å². The number of nitrogens with zero attached hydrogens (tertiary/aromatic N) is 3. The molecule has 0 aliphatic rings. The van der Waals surface area contributed by atoms with Gasteiger partial charge in [-0.25, -0.2) is 13.2 Å². The van der Waals surface area contributed by atoms with Crippen LogP contribution in [0.5, 0.6) is 0 Å². The number of carboxylic acids is 2. The molecule has 10 N–H and O–H groups in total. The number of nitrogens with two attached hydrogens (primary N) is 1. The lowest BCUT2D eigenvalue weighted by Gasteiger charge is -2.16. The quantitative estimate of drug-likeness (QED) is 0.0386. The van der Waals surface area contributed by atoms with Crippen molar-refractivity contribution in [3.8, 4) is 0 Å². The lowest BCUT2D eigenvalue weighted by molar-refractivity contribution is -0.145. The van der Waals surface area contributed by atoms with E-state index >= 15 is 0 Å². The summed E-state index contributed by atoms with van der Waals surface area (Å²) >= 11 is 0. The molecular weight excluding hydrogens is 969 g/mol. The number of carbonyl (C=O) groups excluding carboxylic acids is 8. The molecule has 1 heterocycles. The van der Waals surface area contributed by atoms with Crippen molar-refractivity contribution in [1.82, 2.24) is 46.6 Å². The van der Waals surface area contributed by atoms with E-state index in [9.17, 15) is 66.6 Å². The fourth-order valence-electron chi connectivity index (χ4n) is 6.70. The molecule has 0 radical (unpaired) electrons. The minimum absolute atomic E-state index is 0.0357. The molecule has 6 amide bonds. The summed E-state index contributed by atoms with van der Waals surface area (Å²) in [7, 11) is -3.97. The minimum atomic E-state index is -3.97. The highest BCUT2D eigenvalue weighted by Gasteiger charge is 2.25. The number of ether oxygens (including phenoxy) is 2. The first-order valence-electron chi connectivity index (χ1n) is 23.6. The Morgan fingerprint density at radius 1 is 0.667 bits per heavy atom. The van der Waals surface area contributed by atoms with Crippen LogP contribution in [-0.2, 0) is 69.1 Å². The lowest BCUT2D eigenvalue weighted by atomic mass is 9.95. The third-order valence-corrected chi connectivity index (χ3v) is 12.0. The molecule has 400 valence electrons. The Labute approximate surface area is 416 Å². The molecule has 2 rings (SSSR count). The van der Waals surface area contributed by atoms with E-state index in [2.05, 4.69) is 41.9 Å². The van der Waals surface area contributed by atoms with Crippen molar-refractivity contribution in [2.75, 3.05) is 45.3 Å². The van der Waals surface area contributed by atoms with Gasteiger partial charge in [0.2, 0.25) is 39.6 Å². The van der Waals surface area contributed by atoms with Crippen LogP contribution in [0, 0.1) is 12.8 Å². The zero-order valence-corrected chi connectivity index (χ0v) is 41.3. The zero-order chi connectivity index (χ0) is 53.3. The van der Waals surface area contributed by atoms with Crippen LogP contribution in [0.1, 0.15) is 124 Å². The molecule has 26 nitrogen and oxygen atoms in total. The smallest absolute Gasteiger partial charge is 0.326 e. The first-order chi connectivity index (χ1) is 34.2. The van der Waals surface area contributed by atoms with Gasteiger partial charge < -0.3 is 46.7 Å². The zero-order valence-electron chi connectivity index (χ0n) is 40.4. The predicted octanol–water partition coefficient (Wildman–Crippen LogP) is -0.304. The highest BCUT2D eigenvalue weighted by atomic mass is 32.2. The van der Waals surface area contributed by atoms with Crippen molar-refractivity contribution >= 4 is 69.0 Å². The number of aliphatic carboxylic acids is 2. The van der Waals surface area contributed by atoms with Gasteiger partial charge in [-0.15, -0.1) is 10.2 Å². The molecule has 1 unspecified atom stereocenters. The number of Topliss-reactive ketones (excluding diaryl/α,β-unsaturated/α-hetero) is 2. The van der Waals surface area contributed by atoms with Crippen molar-refractivity contribution in [1.29, 1.82) is 0 Å². The number of rotatable bonds is 41. The first kappa shape index (κ1) is 61.4. The number of primary amides is 1. The maximum Gasteiger partial charge on any atom is 0.326 e. The Morgan fingerprint density at radius 2 is 1.35 bits per heavy atom. The van der Waals surface area contributed by atoms with E-state index in [-0.39, 0.29) is 109 Å². The Kier molecular flexibility index (Phi) is 29.5. The fraction of sp³-hybridized carbons (Fsp3) is 0.622. The van der Waals surface area contributed by atoms with Gasteiger partial charge in [0.25, 0.3) is 5.91 Å². The average Bonchev–Trinajstić information content (AvgIpc) is 3.84. The summed E-state index contributed by atoms with van der Waals surface area (Å²) in [5, 5.41) is 42.5. The number of aromatic amines is 1. The summed E-state index contributed by atoms with van der Waals surface area (Å²) in [5.74, 6) is -8.25. The number of aromatic nitrogens is 4. The standard InChI is InChI=1S/C45H68N10O16S/c1-30-14-16-31(17-15-30)43(63)48-22-3-2-10-35(42(46)62)49-41(61)29-71-26-25-70-24-6-9-33(56)19-20-36(45(66)67)50-39(59)21-18-32(44(64)65)28-34(57)8-5-23-47-38(58)13-7-27-72(68,69)53-40(60)12-4-11-37-51-54-55-52-37/h14-17,32,35-36H,2-13,18-29H2,1H3,(H2,46,62)(H,47,58)(H,48,63)(H,49,61)(H,50,59)(H,53,60)(H,64,65)(H,66,67)(H,51,52,54,55)/t32-,35+,36?/m1/s1. The second kappa shape index (κ2) is 34.6. The van der Waals surface area contributed by atoms with Gasteiger partial charge in [0, 0.05) is 76.6 Å². The third kappa shape index (κ3) is 28.8. The molecule has 0 fully saturated rings. The Morgan fingerprint density at radius 3 is 2.03 bits per heavy atom. The molecule has 0 aliphatic heterocycles. The molecule has 3 atom stereocenters.